The summed E-state index contributed by atoms with van der Waals surface area (Å²) in [6.07, 6.45) is 0.663. The highest BCUT2D eigenvalue weighted by Gasteiger charge is 2.16. The zero-order valence-electron chi connectivity index (χ0n) is 10.0. The molecule has 0 spiro atoms. The molecule has 1 aliphatic rings. The molecule has 1 fully saturated rings. The van der Waals surface area contributed by atoms with Crippen molar-refractivity contribution < 1.29 is 5.11 Å². The lowest BCUT2D eigenvalue weighted by molar-refractivity contribution is 0.173. The fraction of sp³-hybridized carbons (Fsp3) is 0.538. The second-order valence-corrected chi connectivity index (χ2v) is 6.56. The van der Waals surface area contributed by atoms with E-state index in [2.05, 4.69) is 5.32 Å². The minimum Gasteiger partial charge on any atom is -0.387 e. The molecule has 0 radical (unpaired) electrons. The summed E-state index contributed by atoms with van der Waals surface area (Å²) in [5.41, 5.74) is 0.692. The van der Waals surface area contributed by atoms with Crippen LogP contribution in [0.5, 0.6) is 0 Å². The molecule has 0 aliphatic carbocycles. The number of hydrogen-bond donors (Lipinski definition) is 2. The van der Waals surface area contributed by atoms with Crippen LogP contribution in [0.25, 0.3) is 0 Å². The number of hydrogen-bond acceptors (Lipinski definition) is 3. The monoisotopic (exact) mass is 305 g/mol. The topological polar surface area (TPSA) is 32.3 Å². The summed E-state index contributed by atoms with van der Waals surface area (Å²) in [5, 5.41) is 14.6. The summed E-state index contributed by atoms with van der Waals surface area (Å²) in [6, 6.07) is 5.17. The van der Waals surface area contributed by atoms with Crippen molar-refractivity contribution in [1.82, 2.24) is 5.32 Å². The first kappa shape index (κ1) is 14.5. The molecule has 2 nitrogen and oxygen atoms in total. The lowest BCUT2D eigenvalue weighted by atomic mass is 10.1. The van der Waals surface area contributed by atoms with Gasteiger partial charge in [-0.05, 0) is 48.6 Å². The molecule has 100 valence electrons. The largest absolute Gasteiger partial charge is 0.387 e. The summed E-state index contributed by atoms with van der Waals surface area (Å²) in [5.74, 6) is 3.22. The van der Waals surface area contributed by atoms with Crippen molar-refractivity contribution >= 4 is 35.0 Å². The van der Waals surface area contributed by atoms with Gasteiger partial charge < -0.3 is 10.4 Å². The third-order valence-corrected chi connectivity index (χ3v) is 4.92. The summed E-state index contributed by atoms with van der Waals surface area (Å²) in [7, 11) is 0. The van der Waals surface area contributed by atoms with E-state index < -0.39 is 6.10 Å². The zero-order valence-corrected chi connectivity index (χ0v) is 12.4. The number of halogens is 2. The van der Waals surface area contributed by atoms with Gasteiger partial charge in [-0.3, -0.25) is 0 Å². The summed E-state index contributed by atoms with van der Waals surface area (Å²) in [4.78, 5) is 0. The molecule has 2 N–H and O–H groups in total. The normalized spacial score (nSPS) is 21.2. The Balaban J connectivity index is 1.83. The van der Waals surface area contributed by atoms with Crippen LogP contribution >= 0.6 is 35.0 Å². The molecule has 1 aromatic carbocycles. The second kappa shape index (κ2) is 7.01. The summed E-state index contributed by atoms with van der Waals surface area (Å²) in [6.45, 7) is 1.48. The van der Waals surface area contributed by atoms with E-state index in [1.807, 2.05) is 11.8 Å². The molecule has 0 aromatic heterocycles. The van der Waals surface area contributed by atoms with Crippen molar-refractivity contribution in [3.05, 3.63) is 33.8 Å². The van der Waals surface area contributed by atoms with Crippen molar-refractivity contribution in [2.24, 2.45) is 5.92 Å². The highest BCUT2D eigenvalue weighted by atomic mass is 35.5. The van der Waals surface area contributed by atoms with Gasteiger partial charge in [-0.25, -0.2) is 0 Å². The van der Waals surface area contributed by atoms with Crippen LogP contribution in [0, 0.1) is 5.92 Å². The lowest BCUT2D eigenvalue weighted by Gasteiger charge is -2.16. The number of rotatable bonds is 5. The van der Waals surface area contributed by atoms with Crippen LogP contribution in [0.3, 0.4) is 0 Å². The van der Waals surface area contributed by atoms with E-state index in [0.29, 0.717) is 22.2 Å². The molecule has 0 amide bonds. The molecule has 1 aromatic rings. The second-order valence-electron chi connectivity index (χ2n) is 4.57. The van der Waals surface area contributed by atoms with Crippen LogP contribution in [-0.2, 0) is 0 Å². The van der Waals surface area contributed by atoms with E-state index in [4.69, 9.17) is 23.2 Å². The predicted octanol–water partition coefficient (Wildman–Crippen LogP) is 3.37. The first-order valence-electron chi connectivity index (χ1n) is 6.08. The van der Waals surface area contributed by atoms with Gasteiger partial charge in [0.05, 0.1) is 6.10 Å². The molecule has 0 saturated carbocycles. The SMILES string of the molecule is OC(CNCC1CCSC1)c1cc(Cl)ccc1Cl. The molecular weight excluding hydrogens is 289 g/mol. The quantitative estimate of drug-likeness (QED) is 0.875. The number of benzene rings is 1. The number of aliphatic hydroxyl groups excluding tert-OH is 1. The van der Waals surface area contributed by atoms with Crippen LogP contribution in [0.4, 0.5) is 0 Å². The molecule has 5 heteroatoms. The van der Waals surface area contributed by atoms with E-state index in [1.54, 1.807) is 18.2 Å². The Hall–Kier alpha value is 0.0700. The Labute approximate surface area is 122 Å². The van der Waals surface area contributed by atoms with Crippen LogP contribution in [0.2, 0.25) is 10.0 Å². The van der Waals surface area contributed by atoms with Gasteiger partial charge in [0.2, 0.25) is 0 Å². The molecule has 1 aliphatic heterocycles. The fourth-order valence-corrected chi connectivity index (χ4v) is 3.76. The van der Waals surface area contributed by atoms with E-state index in [1.165, 1.54) is 17.9 Å². The maximum absolute atomic E-state index is 10.1. The van der Waals surface area contributed by atoms with Gasteiger partial charge in [0.25, 0.3) is 0 Å². The van der Waals surface area contributed by atoms with Crippen molar-refractivity contribution in [3.63, 3.8) is 0 Å². The van der Waals surface area contributed by atoms with Gasteiger partial charge in [-0.2, -0.15) is 11.8 Å². The molecule has 0 bridgehead atoms. The third-order valence-electron chi connectivity index (χ3n) is 3.11. The third kappa shape index (κ3) is 4.04. The molecule has 2 atom stereocenters. The average molecular weight is 306 g/mol. The fourth-order valence-electron chi connectivity index (χ4n) is 2.05. The minimum atomic E-state index is -0.606. The Morgan fingerprint density at radius 2 is 2.28 bits per heavy atom. The van der Waals surface area contributed by atoms with Crippen molar-refractivity contribution in [3.8, 4) is 0 Å². The van der Waals surface area contributed by atoms with Gasteiger partial charge in [0.1, 0.15) is 0 Å². The van der Waals surface area contributed by atoms with Gasteiger partial charge >= 0.3 is 0 Å². The molecule has 18 heavy (non-hydrogen) atoms. The Kier molecular flexibility index (Phi) is 5.64. The van der Waals surface area contributed by atoms with Crippen molar-refractivity contribution in [1.29, 1.82) is 0 Å². The predicted molar refractivity (Wildman–Crippen MR) is 79.7 cm³/mol. The highest BCUT2D eigenvalue weighted by molar-refractivity contribution is 7.99. The Morgan fingerprint density at radius 1 is 1.44 bits per heavy atom. The number of thioether (sulfide) groups is 1. The van der Waals surface area contributed by atoms with Crippen LogP contribution < -0.4 is 5.32 Å². The molecular formula is C13H17Cl2NOS. The van der Waals surface area contributed by atoms with Crippen LogP contribution in [0.1, 0.15) is 18.1 Å². The maximum atomic E-state index is 10.1. The van der Waals surface area contributed by atoms with Gasteiger partial charge in [0.15, 0.2) is 0 Å². The van der Waals surface area contributed by atoms with E-state index >= 15 is 0 Å². The van der Waals surface area contributed by atoms with E-state index in [9.17, 15) is 5.11 Å². The maximum Gasteiger partial charge on any atom is 0.0929 e. The smallest absolute Gasteiger partial charge is 0.0929 e. The summed E-state index contributed by atoms with van der Waals surface area (Å²) < 4.78 is 0. The molecule has 1 heterocycles. The summed E-state index contributed by atoms with van der Waals surface area (Å²) >= 11 is 14.0. The minimum absolute atomic E-state index is 0.515. The highest BCUT2D eigenvalue weighted by Crippen LogP contribution is 2.26. The lowest BCUT2D eigenvalue weighted by Crippen LogP contribution is -2.27. The molecule has 1 saturated heterocycles. The Morgan fingerprint density at radius 3 is 3.00 bits per heavy atom. The zero-order chi connectivity index (χ0) is 13.0. The molecule has 2 unspecified atom stereocenters. The Bertz CT molecular complexity index is 397. The first-order chi connectivity index (χ1) is 8.66. The average Bonchev–Trinajstić information content (AvgIpc) is 2.85. The van der Waals surface area contributed by atoms with E-state index in [-0.39, 0.29) is 0 Å². The van der Waals surface area contributed by atoms with Gasteiger partial charge in [-0.15, -0.1) is 0 Å². The number of nitrogens with one attached hydrogen (secondary N) is 1. The molecule has 2 rings (SSSR count). The number of aliphatic hydroxyl groups is 1. The van der Waals surface area contributed by atoms with Gasteiger partial charge in [-0.1, -0.05) is 23.2 Å². The van der Waals surface area contributed by atoms with E-state index in [0.717, 1.165) is 12.5 Å². The van der Waals surface area contributed by atoms with Crippen LogP contribution in [0.15, 0.2) is 18.2 Å². The van der Waals surface area contributed by atoms with Crippen LogP contribution in [-0.4, -0.2) is 29.7 Å². The van der Waals surface area contributed by atoms with Crippen molar-refractivity contribution in [2.45, 2.75) is 12.5 Å². The van der Waals surface area contributed by atoms with Crippen molar-refractivity contribution in [2.75, 3.05) is 24.6 Å². The van der Waals surface area contributed by atoms with Gasteiger partial charge in [0, 0.05) is 22.2 Å². The first-order valence-corrected chi connectivity index (χ1v) is 7.99. The standard InChI is InChI=1S/C13H17Cl2NOS/c14-10-1-2-12(15)11(5-10)13(17)7-16-6-9-3-4-18-8-9/h1-2,5,9,13,16-17H,3-4,6-8H2.